The number of hydrogen-bond donors (Lipinski definition) is 2. The van der Waals surface area contributed by atoms with Crippen LogP contribution in [0.25, 0.3) is 22.8 Å². The van der Waals surface area contributed by atoms with Gasteiger partial charge in [-0.1, -0.05) is 62.4 Å². The zero-order valence-electron chi connectivity index (χ0n) is 12.9. The van der Waals surface area contributed by atoms with E-state index in [1.807, 2.05) is 42.5 Å². The van der Waals surface area contributed by atoms with Gasteiger partial charge in [-0.05, 0) is 17.0 Å². The summed E-state index contributed by atoms with van der Waals surface area (Å²) in [4.78, 5) is 4.64. The minimum absolute atomic E-state index is 0.422. The molecule has 4 nitrogen and oxygen atoms in total. The van der Waals surface area contributed by atoms with Crippen LogP contribution >= 0.6 is 0 Å². The number of benzene rings is 2. The van der Waals surface area contributed by atoms with Crippen LogP contribution in [-0.2, 0) is 6.54 Å². The smallest absolute Gasteiger partial charge is 0.181 e. The molecule has 2 aromatic carbocycles. The summed E-state index contributed by atoms with van der Waals surface area (Å²) in [6.45, 7) is 4.83. The van der Waals surface area contributed by atoms with E-state index in [-0.39, 0.29) is 0 Å². The number of nitrogens with one attached hydrogen (secondary N) is 1. The Morgan fingerprint density at radius 3 is 2.50 bits per heavy atom. The molecule has 0 fully saturated rings. The van der Waals surface area contributed by atoms with Crippen molar-refractivity contribution in [2.24, 2.45) is 5.73 Å². The summed E-state index contributed by atoms with van der Waals surface area (Å²) in [6.07, 6.45) is 0. The number of rotatable bonds is 4. The van der Waals surface area contributed by atoms with Crippen molar-refractivity contribution >= 4 is 0 Å². The molecular weight excluding hydrogens is 272 g/mol. The maximum absolute atomic E-state index is 5.98. The molecule has 3 aromatic rings. The van der Waals surface area contributed by atoms with Gasteiger partial charge in [0.25, 0.3) is 0 Å². The molecule has 0 aliphatic carbocycles. The van der Waals surface area contributed by atoms with Gasteiger partial charge >= 0.3 is 0 Å². The van der Waals surface area contributed by atoms with Crippen LogP contribution in [0.2, 0.25) is 0 Å². The normalized spacial score (nSPS) is 11.1. The van der Waals surface area contributed by atoms with E-state index in [0.717, 1.165) is 22.5 Å². The van der Waals surface area contributed by atoms with Crippen molar-refractivity contribution in [2.45, 2.75) is 26.3 Å². The standard InChI is InChI=1S/C18H20N4/c1-12(2)14-9-6-10-15(16(14)11-19)18-20-17(21-22-18)13-7-4-3-5-8-13/h3-10,12H,11,19H2,1-2H3,(H,20,21,22). The number of aromatic nitrogens is 3. The summed E-state index contributed by atoms with van der Waals surface area (Å²) in [7, 11) is 0. The van der Waals surface area contributed by atoms with Gasteiger partial charge in [0.2, 0.25) is 0 Å². The zero-order valence-corrected chi connectivity index (χ0v) is 12.9. The second-order valence-corrected chi connectivity index (χ2v) is 5.61. The van der Waals surface area contributed by atoms with E-state index in [1.165, 1.54) is 5.56 Å². The predicted molar refractivity (Wildman–Crippen MR) is 89.2 cm³/mol. The fourth-order valence-corrected chi connectivity index (χ4v) is 2.69. The highest BCUT2D eigenvalue weighted by Crippen LogP contribution is 2.29. The Morgan fingerprint density at radius 1 is 1.05 bits per heavy atom. The van der Waals surface area contributed by atoms with Gasteiger partial charge in [-0.15, -0.1) is 0 Å². The lowest BCUT2D eigenvalue weighted by Crippen LogP contribution is -2.05. The maximum atomic E-state index is 5.98. The van der Waals surface area contributed by atoms with Crippen LogP contribution in [0.5, 0.6) is 0 Å². The molecule has 0 saturated heterocycles. The summed E-state index contributed by atoms with van der Waals surface area (Å²) in [5.41, 5.74) is 10.4. The van der Waals surface area contributed by atoms with Crippen molar-refractivity contribution in [3.05, 3.63) is 59.7 Å². The lowest BCUT2D eigenvalue weighted by Gasteiger charge is -2.14. The highest BCUT2D eigenvalue weighted by molar-refractivity contribution is 5.65. The van der Waals surface area contributed by atoms with Gasteiger partial charge in [0.05, 0.1) is 0 Å². The van der Waals surface area contributed by atoms with E-state index in [4.69, 9.17) is 5.73 Å². The van der Waals surface area contributed by atoms with E-state index >= 15 is 0 Å². The minimum Gasteiger partial charge on any atom is -0.326 e. The van der Waals surface area contributed by atoms with Crippen LogP contribution in [0, 0.1) is 0 Å². The number of nitrogens with two attached hydrogens (primary N) is 1. The number of nitrogens with zero attached hydrogens (tertiary/aromatic N) is 2. The second kappa shape index (κ2) is 6.12. The molecule has 0 bridgehead atoms. The molecule has 3 rings (SSSR count). The molecule has 0 saturated carbocycles. The highest BCUT2D eigenvalue weighted by atomic mass is 15.2. The molecular formula is C18H20N4. The molecule has 22 heavy (non-hydrogen) atoms. The van der Waals surface area contributed by atoms with Crippen LogP contribution in [0.1, 0.15) is 30.9 Å². The van der Waals surface area contributed by atoms with Crippen molar-refractivity contribution in [1.82, 2.24) is 15.2 Å². The van der Waals surface area contributed by atoms with Crippen LogP contribution in [-0.4, -0.2) is 15.2 Å². The lowest BCUT2D eigenvalue weighted by atomic mass is 9.93. The Balaban J connectivity index is 2.06. The molecule has 4 heteroatoms. The Bertz CT molecular complexity index is 760. The van der Waals surface area contributed by atoms with Crippen molar-refractivity contribution < 1.29 is 0 Å². The lowest BCUT2D eigenvalue weighted by molar-refractivity contribution is 0.839. The fraction of sp³-hybridized carbons (Fsp3) is 0.222. The van der Waals surface area contributed by atoms with E-state index in [1.54, 1.807) is 0 Å². The molecule has 3 N–H and O–H groups in total. The van der Waals surface area contributed by atoms with Crippen molar-refractivity contribution in [2.75, 3.05) is 0 Å². The topological polar surface area (TPSA) is 67.6 Å². The monoisotopic (exact) mass is 292 g/mol. The number of aromatic amines is 1. The van der Waals surface area contributed by atoms with Gasteiger partial charge in [0.15, 0.2) is 11.6 Å². The zero-order chi connectivity index (χ0) is 15.5. The largest absolute Gasteiger partial charge is 0.326 e. The third-order valence-electron chi connectivity index (χ3n) is 3.81. The highest BCUT2D eigenvalue weighted by Gasteiger charge is 2.15. The summed E-state index contributed by atoms with van der Waals surface area (Å²) in [5.74, 6) is 1.89. The van der Waals surface area contributed by atoms with Crippen molar-refractivity contribution in [1.29, 1.82) is 0 Å². The van der Waals surface area contributed by atoms with Gasteiger partial charge in [-0.2, -0.15) is 5.10 Å². The number of hydrogen-bond acceptors (Lipinski definition) is 3. The Morgan fingerprint density at radius 2 is 1.82 bits per heavy atom. The average Bonchev–Trinajstić information content (AvgIpc) is 3.04. The van der Waals surface area contributed by atoms with Gasteiger partial charge < -0.3 is 5.73 Å². The summed E-state index contributed by atoms with van der Waals surface area (Å²) in [5, 5.41) is 7.40. The SMILES string of the molecule is CC(C)c1cccc(-c2n[nH]c(-c3ccccc3)n2)c1CN. The molecule has 112 valence electrons. The first-order valence-electron chi connectivity index (χ1n) is 7.50. The maximum Gasteiger partial charge on any atom is 0.181 e. The van der Waals surface area contributed by atoms with E-state index < -0.39 is 0 Å². The van der Waals surface area contributed by atoms with E-state index in [0.29, 0.717) is 18.3 Å². The minimum atomic E-state index is 0.422. The molecule has 0 aliphatic rings. The van der Waals surface area contributed by atoms with Gasteiger partial charge in [0.1, 0.15) is 0 Å². The Kier molecular flexibility index (Phi) is 4.02. The van der Waals surface area contributed by atoms with Gasteiger partial charge in [-0.3, -0.25) is 5.10 Å². The van der Waals surface area contributed by atoms with Crippen LogP contribution < -0.4 is 5.73 Å². The van der Waals surface area contributed by atoms with Crippen molar-refractivity contribution in [3.8, 4) is 22.8 Å². The molecule has 1 heterocycles. The molecule has 0 aliphatic heterocycles. The molecule has 0 spiro atoms. The fourth-order valence-electron chi connectivity index (χ4n) is 2.69. The first-order valence-corrected chi connectivity index (χ1v) is 7.50. The Hall–Kier alpha value is -2.46. The average molecular weight is 292 g/mol. The van der Waals surface area contributed by atoms with E-state index in [2.05, 4.69) is 35.1 Å². The predicted octanol–water partition coefficient (Wildman–Crippen LogP) is 3.72. The molecule has 0 unspecified atom stereocenters. The number of H-pyrrole nitrogens is 1. The van der Waals surface area contributed by atoms with Crippen LogP contribution in [0.3, 0.4) is 0 Å². The summed E-state index contributed by atoms with van der Waals surface area (Å²) >= 11 is 0. The third kappa shape index (κ3) is 2.65. The van der Waals surface area contributed by atoms with Crippen LogP contribution in [0.4, 0.5) is 0 Å². The van der Waals surface area contributed by atoms with E-state index in [9.17, 15) is 0 Å². The molecule has 0 atom stereocenters. The first kappa shape index (κ1) is 14.5. The van der Waals surface area contributed by atoms with Crippen molar-refractivity contribution in [3.63, 3.8) is 0 Å². The molecule has 0 radical (unpaired) electrons. The third-order valence-corrected chi connectivity index (χ3v) is 3.81. The quantitative estimate of drug-likeness (QED) is 0.770. The second-order valence-electron chi connectivity index (χ2n) is 5.61. The summed E-state index contributed by atoms with van der Waals surface area (Å²) in [6, 6.07) is 16.2. The van der Waals surface area contributed by atoms with Gasteiger partial charge in [-0.25, -0.2) is 4.98 Å². The Labute approximate surface area is 130 Å². The van der Waals surface area contributed by atoms with Gasteiger partial charge in [0, 0.05) is 17.7 Å². The molecule has 1 aromatic heterocycles. The molecule has 0 amide bonds. The van der Waals surface area contributed by atoms with Crippen LogP contribution in [0.15, 0.2) is 48.5 Å². The summed E-state index contributed by atoms with van der Waals surface area (Å²) < 4.78 is 0. The first-order chi connectivity index (χ1) is 10.7.